The maximum atomic E-state index is 14.4. The molecule has 2 nitrogen and oxygen atoms in total. The summed E-state index contributed by atoms with van der Waals surface area (Å²) in [4.78, 5) is 12.8. The fourth-order valence-electron chi connectivity index (χ4n) is 2.65. The number of benzene rings is 2. The zero-order chi connectivity index (χ0) is 17.3. The van der Waals surface area contributed by atoms with Gasteiger partial charge in [0, 0.05) is 36.1 Å². The summed E-state index contributed by atoms with van der Waals surface area (Å²) in [6, 6.07) is 12.6. The molecule has 3 rings (SSSR count). The van der Waals surface area contributed by atoms with Crippen molar-refractivity contribution in [1.82, 2.24) is 4.57 Å². The molecule has 0 saturated heterocycles. The second-order valence-corrected chi connectivity index (χ2v) is 5.46. The van der Waals surface area contributed by atoms with E-state index in [2.05, 4.69) is 0 Å². The molecule has 1 heterocycles. The average Bonchev–Trinajstić information content (AvgIpc) is 2.57. The molecular formula is C19H14F3NO. The zero-order valence-corrected chi connectivity index (χ0v) is 12.8. The van der Waals surface area contributed by atoms with E-state index in [0.29, 0.717) is 11.1 Å². The van der Waals surface area contributed by atoms with Gasteiger partial charge in [0.2, 0.25) is 0 Å². The zero-order valence-electron chi connectivity index (χ0n) is 12.8. The van der Waals surface area contributed by atoms with Gasteiger partial charge in [-0.1, -0.05) is 48.5 Å². The minimum atomic E-state index is -2.94. The lowest BCUT2D eigenvalue weighted by atomic mass is 9.99. The molecule has 0 aliphatic carbocycles. The lowest BCUT2D eigenvalue weighted by Crippen LogP contribution is -2.12. The summed E-state index contributed by atoms with van der Waals surface area (Å²) in [7, 11) is 1.70. The number of hydrogen-bond acceptors (Lipinski definition) is 1. The van der Waals surface area contributed by atoms with Crippen LogP contribution in [0.25, 0.3) is 22.3 Å². The Hall–Kier alpha value is -2.82. The third-order valence-corrected chi connectivity index (χ3v) is 3.79. The van der Waals surface area contributed by atoms with E-state index in [9.17, 15) is 18.0 Å². The molecule has 0 amide bonds. The Balaban J connectivity index is 2.26. The van der Waals surface area contributed by atoms with Crippen molar-refractivity contribution in [3.8, 4) is 22.3 Å². The number of pyridine rings is 1. The van der Waals surface area contributed by atoms with Crippen LogP contribution in [0.1, 0.15) is 12.0 Å². The van der Waals surface area contributed by atoms with E-state index in [1.165, 1.54) is 18.3 Å². The SMILES string of the molecule is Cn1cc(-c2ccccc2)c(=O)c(-c2cccc(C(F)F)c2F)c1. The highest BCUT2D eigenvalue weighted by Crippen LogP contribution is 2.29. The maximum Gasteiger partial charge on any atom is 0.266 e. The molecule has 0 N–H and O–H groups in total. The Morgan fingerprint density at radius 2 is 1.54 bits per heavy atom. The minimum Gasteiger partial charge on any atom is -0.356 e. The van der Waals surface area contributed by atoms with E-state index >= 15 is 0 Å². The van der Waals surface area contributed by atoms with Gasteiger partial charge in [-0.05, 0) is 5.56 Å². The molecule has 0 spiro atoms. The van der Waals surface area contributed by atoms with Gasteiger partial charge in [0.1, 0.15) is 5.82 Å². The first-order valence-corrected chi connectivity index (χ1v) is 7.31. The molecule has 5 heteroatoms. The molecule has 3 aromatic rings. The van der Waals surface area contributed by atoms with Gasteiger partial charge in [-0.15, -0.1) is 0 Å². The Bertz CT molecular complexity index is 933. The van der Waals surface area contributed by atoms with E-state index in [4.69, 9.17) is 0 Å². The standard InChI is InChI=1S/C19H14F3NO/c1-23-10-15(12-6-3-2-4-7-12)18(24)16(11-23)13-8-5-9-14(17(13)20)19(21)22/h2-11,19H,1H3. The summed E-state index contributed by atoms with van der Waals surface area (Å²) in [5.41, 5.74) is -0.0999. The molecule has 24 heavy (non-hydrogen) atoms. The van der Waals surface area contributed by atoms with Crippen LogP contribution in [0.5, 0.6) is 0 Å². The van der Waals surface area contributed by atoms with Crippen molar-refractivity contribution in [2.45, 2.75) is 6.43 Å². The highest BCUT2D eigenvalue weighted by atomic mass is 19.3. The van der Waals surface area contributed by atoms with Gasteiger partial charge in [-0.25, -0.2) is 13.2 Å². The summed E-state index contributed by atoms with van der Waals surface area (Å²) in [5, 5.41) is 0. The normalized spacial score (nSPS) is 11.0. The van der Waals surface area contributed by atoms with Gasteiger partial charge in [-0.2, -0.15) is 0 Å². The van der Waals surface area contributed by atoms with Crippen molar-refractivity contribution in [1.29, 1.82) is 0 Å². The largest absolute Gasteiger partial charge is 0.356 e. The van der Waals surface area contributed by atoms with Gasteiger partial charge in [0.05, 0.1) is 5.56 Å². The van der Waals surface area contributed by atoms with E-state index < -0.39 is 23.2 Å². The summed E-state index contributed by atoms with van der Waals surface area (Å²) in [6.07, 6.45) is 0.143. The second-order valence-electron chi connectivity index (χ2n) is 5.46. The first-order chi connectivity index (χ1) is 11.5. The number of aromatic nitrogens is 1. The van der Waals surface area contributed by atoms with Crippen LogP contribution in [-0.4, -0.2) is 4.57 Å². The maximum absolute atomic E-state index is 14.4. The molecule has 0 aliphatic heterocycles. The Morgan fingerprint density at radius 1 is 0.875 bits per heavy atom. The minimum absolute atomic E-state index is 0.0545. The second kappa shape index (κ2) is 6.35. The predicted molar refractivity (Wildman–Crippen MR) is 87.5 cm³/mol. The monoisotopic (exact) mass is 329 g/mol. The highest BCUT2D eigenvalue weighted by molar-refractivity contribution is 5.72. The van der Waals surface area contributed by atoms with Crippen molar-refractivity contribution in [3.05, 3.63) is 82.5 Å². The topological polar surface area (TPSA) is 22.0 Å². The molecule has 0 unspecified atom stereocenters. The number of alkyl halides is 2. The summed E-state index contributed by atoms with van der Waals surface area (Å²) in [5.74, 6) is -1.06. The Morgan fingerprint density at radius 3 is 2.21 bits per heavy atom. The first kappa shape index (κ1) is 16.1. The molecule has 0 saturated carbocycles. The van der Waals surface area contributed by atoms with Crippen LogP contribution in [0.15, 0.2) is 65.7 Å². The van der Waals surface area contributed by atoms with Crippen LogP contribution in [0, 0.1) is 5.82 Å². The predicted octanol–water partition coefficient (Wildman–Crippen LogP) is 4.80. The van der Waals surface area contributed by atoms with Crippen molar-refractivity contribution in [2.24, 2.45) is 7.05 Å². The molecule has 0 aliphatic rings. The molecule has 122 valence electrons. The van der Waals surface area contributed by atoms with E-state index in [1.54, 1.807) is 42.1 Å². The molecular weight excluding hydrogens is 315 g/mol. The molecule has 0 fully saturated rings. The molecule has 0 bridgehead atoms. The van der Waals surface area contributed by atoms with Gasteiger partial charge in [-0.3, -0.25) is 4.79 Å². The number of halogens is 3. The van der Waals surface area contributed by atoms with Gasteiger partial charge < -0.3 is 4.57 Å². The number of nitrogens with zero attached hydrogens (tertiary/aromatic N) is 1. The van der Waals surface area contributed by atoms with E-state index in [-0.39, 0.29) is 11.1 Å². The van der Waals surface area contributed by atoms with Crippen molar-refractivity contribution in [3.63, 3.8) is 0 Å². The lowest BCUT2D eigenvalue weighted by molar-refractivity contribution is 0.146. The molecule has 1 aromatic heterocycles. The van der Waals surface area contributed by atoms with E-state index in [0.717, 1.165) is 6.07 Å². The van der Waals surface area contributed by atoms with Crippen LogP contribution in [-0.2, 0) is 7.05 Å². The van der Waals surface area contributed by atoms with Gasteiger partial charge in [0.25, 0.3) is 6.43 Å². The summed E-state index contributed by atoms with van der Waals surface area (Å²) in [6.45, 7) is 0. The van der Waals surface area contributed by atoms with Crippen molar-refractivity contribution >= 4 is 0 Å². The highest BCUT2D eigenvalue weighted by Gasteiger charge is 2.19. The molecule has 0 radical (unpaired) electrons. The lowest BCUT2D eigenvalue weighted by Gasteiger charge is -2.11. The first-order valence-electron chi connectivity index (χ1n) is 7.31. The molecule has 0 atom stereocenters. The van der Waals surface area contributed by atoms with Crippen molar-refractivity contribution in [2.75, 3.05) is 0 Å². The van der Waals surface area contributed by atoms with E-state index in [1.807, 2.05) is 6.07 Å². The fraction of sp³-hybridized carbons (Fsp3) is 0.105. The van der Waals surface area contributed by atoms with Crippen LogP contribution < -0.4 is 5.43 Å². The van der Waals surface area contributed by atoms with Crippen LogP contribution in [0.3, 0.4) is 0 Å². The van der Waals surface area contributed by atoms with Crippen LogP contribution in [0.4, 0.5) is 13.2 Å². The van der Waals surface area contributed by atoms with Gasteiger partial charge in [0.15, 0.2) is 5.43 Å². The average molecular weight is 329 g/mol. The Kier molecular flexibility index (Phi) is 4.25. The van der Waals surface area contributed by atoms with Crippen LogP contribution >= 0.6 is 0 Å². The summed E-state index contributed by atoms with van der Waals surface area (Å²) < 4.78 is 41.9. The van der Waals surface area contributed by atoms with Gasteiger partial charge >= 0.3 is 0 Å². The Labute approximate surface area is 136 Å². The third-order valence-electron chi connectivity index (χ3n) is 3.79. The fourth-order valence-corrected chi connectivity index (χ4v) is 2.65. The summed E-state index contributed by atoms with van der Waals surface area (Å²) >= 11 is 0. The quantitative estimate of drug-likeness (QED) is 0.677. The number of hydrogen-bond donors (Lipinski definition) is 0. The number of aryl methyl sites for hydroxylation is 1. The smallest absolute Gasteiger partial charge is 0.266 e. The molecule has 2 aromatic carbocycles. The van der Waals surface area contributed by atoms with Crippen molar-refractivity contribution < 1.29 is 13.2 Å². The number of rotatable bonds is 3. The van der Waals surface area contributed by atoms with Crippen LogP contribution in [0.2, 0.25) is 0 Å². The third kappa shape index (κ3) is 2.85.